The summed E-state index contributed by atoms with van der Waals surface area (Å²) in [4.78, 5) is 22.6. The number of hydrogen-bond acceptors (Lipinski definition) is 4. The van der Waals surface area contributed by atoms with Gasteiger partial charge in [-0.1, -0.05) is 0 Å². The maximum absolute atomic E-state index is 11.5. The lowest BCUT2D eigenvalue weighted by Crippen LogP contribution is -2.44. The molecule has 7 nitrogen and oxygen atoms in total. The molecule has 1 rings (SSSR count). The highest BCUT2D eigenvalue weighted by Crippen LogP contribution is 1.95. The lowest BCUT2D eigenvalue weighted by Gasteiger charge is -2.11. The van der Waals surface area contributed by atoms with Gasteiger partial charge in [0, 0.05) is 13.2 Å². The smallest absolute Gasteiger partial charge is 0.242 e. The van der Waals surface area contributed by atoms with E-state index in [-0.39, 0.29) is 18.4 Å². The molecule has 0 aromatic carbocycles. The van der Waals surface area contributed by atoms with Crippen LogP contribution in [0.15, 0.2) is 12.3 Å². The number of carbonyl (C=O) groups is 2. The van der Waals surface area contributed by atoms with Gasteiger partial charge in [0.2, 0.25) is 11.8 Å². The van der Waals surface area contributed by atoms with Gasteiger partial charge in [0.15, 0.2) is 0 Å². The fourth-order valence-corrected chi connectivity index (χ4v) is 1.18. The molecule has 4 N–H and O–H groups in total. The van der Waals surface area contributed by atoms with E-state index in [1.807, 2.05) is 0 Å². The van der Waals surface area contributed by atoms with Crippen LogP contribution in [0.2, 0.25) is 0 Å². The zero-order chi connectivity index (χ0) is 12.1. The van der Waals surface area contributed by atoms with Crippen LogP contribution in [-0.4, -0.2) is 34.7 Å². The van der Waals surface area contributed by atoms with Gasteiger partial charge in [-0.05, 0) is 13.0 Å². The highest BCUT2D eigenvalue weighted by Gasteiger charge is 2.14. The van der Waals surface area contributed by atoms with Gasteiger partial charge in [-0.15, -0.1) is 0 Å². The average molecular weight is 225 g/mol. The van der Waals surface area contributed by atoms with Gasteiger partial charge < -0.3 is 16.4 Å². The first-order valence-electron chi connectivity index (χ1n) is 4.83. The van der Waals surface area contributed by atoms with Crippen LogP contribution in [0.3, 0.4) is 0 Å². The van der Waals surface area contributed by atoms with Crippen LogP contribution in [0.25, 0.3) is 0 Å². The Labute approximate surface area is 93.0 Å². The highest BCUT2D eigenvalue weighted by molar-refractivity contribution is 5.86. The number of hydrogen-bond donors (Lipinski definition) is 3. The van der Waals surface area contributed by atoms with Crippen molar-refractivity contribution >= 4 is 17.6 Å². The number of anilines is 1. The van der Waals surface area contributed by atoms with Crippen molar-refractivity contribution in [2.75, 3.05) is 12.8 Å². The van der Waals surface area contributed by atoms with Crippen LogP contribution in [-0.2, 0) is 16.1 Å². The van der Waals surface area contributed by atoms with Gasteiger partial charge in [-0.25, -0.2) is 0 Å². The molecule has 0 aliphatic heterocycles. The molecule has 16 heavy (non-hydrogen) atoms. The van der Waals surface area contributed by atoms with Crippen LogP contribution >= 0.6 is 0 Å². The van der Waals surface area contributed by atoms with E-state index < -0.39 is 6.04 Å². The molecule has 1 aromatic heterocycles. The molecule has 0 bridgehead atoms. The van der Waals surface area contributed by atoms with Crippen molar-refractivity contribution in [1.29, 1.82) is 0 Å². The van der Waals surface area contributed by atoms with E-state index in [0.29, 0.717) is 5.82 Å². The number of rotatable bonds is 4. The van der Waals surface area contributed by atoms with Crippen molar-refractivity contribution in [2.24, 2.45) is 0 Å². The summed E-state index contributed by atoms with van der Waals surface area (Å²) in [6, 6.07) is 1.03. The Bertz CT molecular complexity index is 387. The molecular weight excluding hydrogens is 210 g/mol. The number of likely N-dealkylation sites (N-methyl/N-ethyl adjacent to an activating group) is 1. The third-order valence-corrected chi connectivity index (χ3v) is 1.98. The van der Waals surface area contributed by atoms with Gasteiger partial charge in [0.1, 0.15) is 18.4 Å². The van der Waals surface area contributed by atoms with E-state index >= 15 is 0 Å². The topological polar surface area (TPSA) is 102 Å². The Kier molecular flexibility index (Phi) is 3.87. The molecule has 2 amide bonds. The summed E-state index contributed by atoms with van der Waals surface area (Å²) in [6.45, 7) is 1.65. The summed E-state index contributed by atoms with van der Waals surface area (Å²) < 4.78 is 1.40. The van der Waals surface area contributed by atoms with Crippen molar-refractivity contribution in [1.82, 2.24) is 20.4 Å². The summed E-state index contributed by atoms with van der Waals surface area (Å²) >= 11 is 0. The molecule has 7 heteroatoms. The molecule has 0 aliphatic rings. The molecule has 1 aromatic rings. The van der Waals surface area contributed by atoms with Crippen LogP contribution < -0.4 is 16.4 Å². The Morgan fingerprint density at radius 2 is 2.31 bits per heavy atom. The molecule has 0 spiro atoms. The third kappa shape index (κ3) is 3.26. The zero-order valence-corrected chi connectivity index (χ0v) is 9.23. The number of aromatic nitrogens is 2. The molecule has 0 aliphatic carbocycles. The van der Waals surface area contributed by atoms with E-state index in [0.717, 1.165) is 0 Å². The number of nitrogens with one attached hydrogen (secondary N) is 2. The maximum atomic E-state index is 11.5. The molecule has 1 atom stereocenters. The van der Waals surface area contributed by atoms with Crippen molar-refractivity contribution in [3.63, 3.8) is 0 Å². The summed E-state index contributed by atoms with van der Waals surface area (Å²) in [5, 5.41) is 8.83. The van der Waals surface area contributed by atoms with Crippen LogP contribution in [0.5, 0.6) is 0 Å². The summed E-state index contributed by atoms with van der Waals surface area (Å²) in [7, 11) is 1.51. The van der Waals surface area contributed by atoms with Crippen LogP contribution in [0, 0.1) is 0 Å². The molecule has 1 heterocycles. The minimum Gasteiger partial charge on any atom is -0.382 e. The predicted octanol–water partition coefficient (Wildman–Crippen LogP) is -1.28. The largest absolute Gasteiger partial charge is 0.382 e. The van der Waals surface area contributed by atoms with E-state index in [1.54, 1.807) is 19.2 Å². The Morgan fingerprint density at radius 3 is 2.81 bits per heavy atom. The first-order valence-corrected chi connectivity index (χ1v) is 4.83. The molecule has 0 fully saturated rings. The number of nitrogens with zero attached hydrogens (tertiary/aromatic N) is 2. The van der Waals surface area contributed by atoms with Gasteiger partial charge >= 0.3 is 0 Å². The number of amides is 2. The molecule has 0 radical (unpaired) electrons. The normalized spacial score (nSPS) is 11.9. The maximum Gasteiger partial charge on any atom is 0.242 e. The first kappa shape index (κ1) is 12.0. The highest BCUT2D eigenvalue weighted by atomic mass is 16.2. The average Bonchev–Trinajstić information content (AvgIpc) is 2.62. The fraction of sp³-hybridized carbons (Fsp3) is 0.444. The fourth-order valence-electron chi connectivity index (χ4n) is 1.18. The standard InChI is InChI=1S/C9H15N5O2/c1-6(9(16)11-2)12-8(15)5-14-4-3-7(10)13-14/h3-4,6H,5H2,1-2H3,(H2,10,13)(H,11,16)(H,12,15). The van der Waals surface area contributed by atoms with Gasteiger partial charge in [0.05, 0.1) is 0 Å². The monoisotopic (exact) mass is 225 g/mol. The zero-order valence-electron chi connectivity index (χ0n) is 9.23. The van der Waals surface area contributed by atoms with E-state index in [1.165, 1.54) is 11.7 Å². The molecule has 88 valence electrons. The predicted molar refractivity (Wildman–Crippen MR) is 58.3 cm³/mol. The Morgan fingerprint density at radius 1 is 1.62 bits per heavy atom. The number of carbonyl (C=O) groups excluding carboxylic acids is 2. The van der Waals surface area contributed by atoms with Gasteiger partial charge in [-0.3, -0.25) is 14.3 Å². The molecule has 0 saturated heterocycles. The van der Waals surface area contributed by atoms with E-state index in [9.17, 15) is 9.59 Å². The van der Waals surface area contributed by atoms with Crippen molar-refractivity contribution in [2.45, 2.75) is 19.5 Å². The quantitative estimate of drug-likeness (QED) is 0.593. The molecule has 1 unspecified atom stereocenters. The second kappa shape index (κ2) is 5.15. The summed E-state index contributed by atoms with van der Waals surface area (Å²) in [5.74, 6) is -0.181. The van der Waals surface area contributed by atoms with Gasteiger partial charge in [-0.2, -0.15) is 5.10 Å². The van der Waals surface area contributed by atoms with Crippen LogP contribution in [0.4, 0.5) is 5.82 Å². The van der Waals surface area contributed by atoms with E-state index in [4.69, 9.17) is 5.73 Å². The minimum absolute atomic E-state index is 0.0402. The SMILES string of the molecule is CNC(=O)C(C)NC(=O)Cn1ccc(N)n1. The second-order valence-corrected chi connectivity index (χ2v) is 3.34. The second-order valence-electron chi connectivity index (χ2n) is 3.34. The number of nitrogen functional groups attached to an aromatic ring is 1. The molecule has 0 saturated carbocycles. The summed E-state index contributed by atoms with van der Waals surface area (Å²) in [6.07, 6.45) is 1.60. The van der Waals surface area contributed by atoms with E-state index in [2.05, 4.69) is 15.7 Å². The van der Waals surface area contributed by atoms with Crippen molar-refractivity contribution in [3.8, 4) is 0 Å². The van der Waals surface area contributed by atoms with Gasteiger partial charge in [0.25, 0.3) is 0 Å². The first-order chi connectivity index (χ1) is 7.52. The Hall–Kier alpha value is -2.05. The third-order valence-electron chi connectivity index (χ3n) is 1.98. The van der Waals surface area contributed by atoms with Crippen LogP contribution in [0.1, 0.15) is 6.92 Å². The Balaban J connectivity index is 2.45. The number of nitrogens with two attached hydrogens (primary N) is 1. The van der Waals surface area contributed by atoms with Crippen molar-refractivity contribution < 1.29 is 9.59 Å². The molecular formula is C9H15N5O2. The lowest BCUT2D eigenvalue weighted by atomic mass is 10.3. The minimum atomic E-state index is -0.564. The summed E-state index contributed by atoms with van der Waals surface area (Å²) in [5.41, 5.74) is 5.40. The van der Waals surface area contributed by atoms with Crippen molar-refractivity contribution in [3.05, 3.63) is 12.3 Å². The lowest BCUT2D eigenvalue weighted by molar-refractivity contribution is -0.128.